The summed E-state index contributed by atoms with van der Waals surface area (Å²) < 4.78 is 16.5. The molecule has 0 bridgehead atoms. The van der Waals surface area contributed by atoms with Crippen LogP contribution in [0.25, 0.3) is 0 Å². The Hall–Kier alpha value is -3.61. The third-order valence-corrected chi connectivity index (χ3v) is 6.59. The molecule has 0 saturated heterocycles. The van der Waals surface area contributed by atoms with Crippen LogP contribution in [-0.2, 0) is 12.8 Å². The number of ketones is 1. The molecule has 2 aliphatic rings. The quantitative estimate of drug-likeness (QED) is 0.576. The van der Waals surface area contributed by atoms with E-state index in [4.69, 9.17) is 24.2 Å². The molecule has 7 heteroatoms. The third kappa shape index (κ3) is 3.57. The van der Waals surface area contributed by atoms with Gasteiger partial charge in [0.05, 0.1) is 38.3 Å². The molecule has 1 aromatic heterocycles. The molecule has 7 nitrogen and oxygen atoms in total. The molecule has 2 aromatic carbocycles. The highest BCUT2D eigenvalue weighted by molar-refractivity contribution is 6.00. The second-order valence-corrected chi connectivity index (χ2v) is 8.45. The first-order valence-electron chi connectivity index (χ1n) is 11.1. The summed E-state index contributed by atoms with van der Waals surface area (Å²) in [5.41, 5.74) is 5.61. The van der Waals surface area contributed by atoms with E-state index in [0.717, 1.165) is 35.6 Å². The Labute approximate surface area is 193 Å². The maximum Gasteiger partial charge on any atom is 0.230 e. The van der Waals surface area contributed by atoms with E-state index >= 15 is 0 Å². The maximum absolute atomic E-state index is 13.2. The number of hydrogen-bond acceptors (Lipinski definition) is 7. The van der Waals surface area contributed by atoms with E-state index in [1.54, 1.807) is 21.3 Å². The lowest BCUT2D eigenvalue weighted by Gasteiger charge is -2.27. The Kier molecular flexibility index (Phi) is 5.40. The van der Waals surface area contributed by atoms with Crippen molar-refractivity contribution in [3.63, 3.8) is 0 Å². The van der Waals surface area contributed by atoms with Crippen molar-refractivity contribution in [1.29, 1.82) is 0 Å². The summed E-state index contributed by atoms with van der Waals surface area (Å²) in [5.74, 6) is 2.40. The second-order valence-electron chi connectivity index (χ2n) is 8.45. The lowest BCUT2D eigenvalue weighted by atomic mass is 9.81. The average Bonchev–Trinajstić information content (AvgIpc) is 3.26. The van der Waals surface area contributed by atoms with Crippen LogP contribution in [0.5, 0.6) is 17.2 Å². The van der Waals surface area contributed by atoms with Crippen molar-refractivity contribution in [3.8, 4) is 17.2 Å². The molecular formula is C26H27N3O4. The molecule has 2 heterocycles. The van der Waals surface area contributed by atoms with Crippen molar-refractivity contribution in [2.24, 2.45) is 0 Å². The van der Waals surface area contributed by atoms with Crippen molar-refractivity contribution in [3.05, 3.63) is 64.5 Å². The number of Topliss-reactive ketones (excluding diaryl/α,β-unsaturated/α-hetero) is 1. The van der Waals surface area contributed by atoms with Crippen LogP contribution in [0.3, 0.4) is 0 Å². The largest absolute Gasteiger partial charge is 0.493 e. The highest BCUT2D eigenvalue weighted by atomic mass is 16.5. The fourth-order valence-corrected chi connectivity index (χ4v) is 5.00. The number of rotatable bonds is 5. The summed E-state index contributed by atoms with van der Waals surface area (Å²) in [6, 6.07) is 12.2. The molecule has 1 atom stereocenters. The van der Waals surface area contributed by atoms with Gasteiger partial charge >= 0.3 is 0 Å². The molecule has 0 spiro atoms. The SMILES string of the molecule is COc1cc([C@@H]2CC(=O)c3c(C)nc(N4CCc5ccccc54)nc3C2)cc(OC)c1OC. The smallest absolute Gasteiger partial charge is 0.230 e. The lowest BCUT2D eigenvalue weighted by Crippen LogP contribution is -2.25. The van der Waals surface area contributed by atoms with E-state index in [2.05, 4.69) is 23.1 Å². The minimum absolute atomic E-state index is 0.0354. The zero-order valence-electron chi connectivity index (χ0n) is 19.3. The average molecular weight is 446 g/mol. The van der Waals surface area contributed by atoms with Crippen LogP contribution in [0.1, 0.15) is 45.2 Å². The van der Waals surface area contributed by atoms with Gasteiger partial charge in [-0.15, -0.1) is 0 Å². The fourth-order valence-electron chi connectivity index (χ4n) is 5.00. The molecule has 0 amide bonds. The molecule has 170 valence electrons. The topological polar surface area (TPSA) is 73.8 Å². The zero-order chi connectivity index (χ0) is 23.1. The van der Waals surface area contributed by atoms with Crippen LogP contribution in [0.2, 0.25) is 0 Å². The molecule has 3 aromatic rings. The first-order valence-corrected chi connectivity index (χ1v) is 11.1. The van der Waals surface area contributed by atoms with Gasteiger partial charge in [0, 0.05) is 18.7 Å². The Morgan fingerprint density at radius 2 is 1.70 bits per heavy atom. The van der Waals surface area contributed by atoms with Crippen molar-refractivity contribution in [2.75, 3.05) is 32.8 Å². The predicted octanol–water partition coefficient (Wildman–Crippen LogP) is 4.42. The van der Waals surface area contributed by atoms with E-state index < -0.39 is 0 Å². The Morgan fingerprint density at radius 3 is 2.39 bits per heavy atom. The Bertz CT molecular complexity index is 1220. The Morgan fingerprint density at radius 1 is 0.970 bits per heavy atom. The number of fused-ring (bicyclic) bond motifs is 2. The van der Waals surface area contributed by atoms with Gasteiger partial charge in [-0.05, 0) is 55.0 Å². The summed E-state index contributed by atoms with van der Waals surface area (Å²) in [5, 5.41) is 0. The molecule has 1 aliphatic carbocycles. The normalized spacial score (nSPS) is 16.9. The number of ether oxygens (including phenoxy) is 3. The number of nitrogens with zero attached hydrogens (tertiary/aromatic N) is 3. The van der Waals surface area contributed by atoms with E-state index in [9.17, 15) is 4.79 Å². The molecule has 0 fully saturated rings. The number of para-hydroxylation sites is 1. The molecule has 0 saturated carbocycles. The van der Waals surface area contributed by atoms with Gasteiger partial charge in [0.2, 0.25) is 11.7 Å². The first-order chi connectivity index (χ1) is 16.0. The van der Waals surface area contributed by atoms with Crippen LogP contribution in [0, 0.1) is 6.92 Å². The summed E-state index contributed by atoms with van der Waals surface area (Å²) >= 11 is 0. The molecular weight excluding hydrogens is 418 g/mol. The van der Waals surface area contributed by atoms with Crippen LogP contribution in [-0.4, -0.2) is 43.6 Å². The van der Waals surface area contributed by atoms with Crippen LogP contribution < -0.4 is 19.1 Å². The van der Waals surface area contributed by atoms with Crippen molar-refractivity contribution in [2.45, 2.75) is 32.1 Å². The molecule has 0 unspecified atom stereocenters. The molecule has 33 heavy (non-hydrogen) atoms. The number of carbonyl (C=O) groups is 1. The monoisotopic (exact) mass is 445 g/mol. The van der Waals surface area contributed by atoms with E-state index in [1.165, 1.54) is 5.56 Å². The van der Waals surface area contributed by atoms with Crippen molar-refractivity contribution in [1.82, 2.24) is 9.97 Å². The maximum atomic E-state index is 13.2. The number of carbonyl (C=O) groups excluding carboxylic acids is 1. The lowest BCUT2D eigenvalue weighted by molar-refractivity contribution is 0.0962. The fraction of sp³-hybridized carbons (Fsp3) is 0.346. The molecule has 0 N–H and O–H groups in total. The van der Waals surface area contributed by atoms with Gasteiger partial charge in [-0.25, -0.2) is 9.97 Å². The van der Waals surface area contributed by atoms with E-state index in [1.807, 2.05) is 25.1 Å². The summed E-state index contributed by atoms with van der Waals surface area (Å²) in [4.78, 5) is 25.0. The van der Waals surface area contributed by atoms with Crippen LogP contribution in [0.4, 0.5) is 11.6 Å². The molecule has 1 aliphatic heterocycles. The number of aryl methyl sites for hydroxylation is 1. The summed E-state index contributed by atoms with van der Waals surface area (Å²) in [6.07, 6.45) is 2.00. The second kappa shape index (κ2) is 8.39. The summed E-state index contributed by atoms with van der Waals surface area (Å²) in [7, 11) is 4.77. The molecule has 0 radical (unpaired) electrons. The minimum Gasteiger partial charge on any atom is -0.493 e. The van der Waals surface area contributed by atoms with Gasteiger partial charge in [-0.3, -0.25) is 4.79 Å². The van der Waals surface area contributed by atoms with Gasteiger partial charge in [0.15, 0.2) is 17.3 Å². The zero-order valence-corrected chi connectivity index (χ0v) is 19.3. The number of anilines is 2. The first kappa shape index (κ1) is 21.2. The summed E-state index contributed by atoms with van der Waals surface area (Å²) in [6.45, 7) is 2.74. The minimum atomic E-state index is -0.0354. The number of methoxy groups -OCH3 is 3. The number of aromatic nitrogens is 2. The van der Waals surface area contributed by atoms with E-state index in [-0.39, 0.29) is 11.7 Å². The highest BCUT2D eigenvalue weighted by Crippen LogP contribution is 2.43. The van der Waals surface area contributed by atoms with Gasteiger partial charge in [-0.1, -0.05) is 18.2 Å². The van der Waals surface area contributed by atoms with Gasteiger partial charge in [0.25, 0.3) is 0 Å². The van der Waals surface area contributed by atoms with Gasteiger partial charge in [0.1, 0.15) is 0 Å². The van der Waals surface area contributed by atoms with Crippen molar-refractivity contribution < 1.29 is 19.0 Å². The van der Waals surface area contributed by atoms with Crippen molar-refractivity contribution >= 4 is 17.4 Å². The van der Waals surface area contributed by atoms with Gasteiger partial charge < -0.3 is 19.1 Å². The van der Waals surface area contributed by atoms with E-state index in [0.29, 0.717) is 41.6 Å². The highest BCUT2D eigenvalue weighted by Gasteiger charge is 2.32. The molecule has 5 rings (SSSR count). The predicted molar refractivity (Wildman–Crippen MR) is 125 cm³/mol. The number of hydrogen-bond donors (Lipinski definition) is 0. The Balaban J connectivity index is 1.53. The third-order valence-electron chi connectivity index (χ3n) is 6.59. The van der Waals surface area contributed by atoms with Gasteiger partial charge in [-0.2, -0.15) is 0 Å². The van der Waals surface area contributed by atoms with Crippen LogP contribution >= 0.6 is 0 Å². The standard InChI is InChI=1S/C26H27N3O4/c1-15-24-19(28-26(27-15)29-10-9-16-7-5-6-8-20(16)29)11-17(12-21(24)30)18-13-22(31-2)25(33-4)23(14-18)32-3/h5-8,13-14,17H,9-12H2,1-4H3/t17-/m0/s1. The van der Waals surface area contributed by atoms with Crippen LogP contribution in [0.15, 0.2) is 36.4 Å². The number of benzene rings is 2.